The minimum Gasteiger partial charge on any atom is -0.488 e. The zero-order valence-electron chi connectivity index (χ0n) is 22.1. The van der Waals surface area contributed by atoms with Crippen LogP contribution in [0.2, 0.25) is 0 Å². The van der Waals surface area contributed by atoms with Crippen LogP contribution >= 0.6 is 0 Å². The number of nitrogens with zero attached hydrogens (tertiary/aromatic N) is 2. The molecule has 2 N–H and O–H groups in total. The monoisotopic (exact) mass is 551 g/mol. The summed E-state index contributed by atoms with van der Waals surface area (Å²) in [5.74, 6) is -3.76. The van der Waals surface area contributed by atoms with Gasteiger partial charge in [-0.2, -0.15) is 13.2 Å². The maximum absolute atomic E-state index is 15.8. The predicted molar refractivity (Wildman–Crippen MR) is 139 cm³/mol. The number of benzene rings is 2. The van der Waals surface area contributed by atoms with E-state index in [2.05, 4.69) is 16.8 Å². The number of aromatic nitrogens is 1. The summed E-state index contributed by atoms with van der Waals surface area (Å²) in [6.07, 6.45) is -2.29. The third-order valence-corrected chi connectivity index (χ3v) is 8.01. The van der Waals surface area contributed by atoms with Crippen LogP contribution < -0.4 is 4.74 Å². The van der Waals surface area contributed by atoms with Crippen LogP contribution in [0.4, 0.5) is 22.0 Å². The van der Waals surface area contributed by atoms with Crippen LogP contribution in [0, 0.1) is 17.6 Å². The van der Waals surface area contributed by atoms with E-state index in [1.165, 1.54) is 4.90 Å². The number of unbranched alkanes of at least 4 members (excludes halogenated alkanes) is 1. The number of hydrogen-bond acceptors (Lipinski definition) is 4. The fourth-order valence-corrected chi connectivity index (χ4v) is 5.87. The molecule has 3 atom stereocenters. The van der Waals surface area contributed by atoms with Gasteiger partial charge in [0.25, 0.3) is 0 Å². The van der Waals surface area contributed by atoms with Crippen LogP contribution in [0.15, 0.2) is 36.4 Å². The van der Waals surface area contributed by atoms with E-state index < -0.39 is 49.0 Å². The molecule has 5 rings (SSSR count). The van der Waals surface area contributed by atoms with Crippen LogP contribution in [0.3, 0.4) is 0 Å². The highest BCUT2D eigenvalue weighted by Gasteiger charge is 2.45. The number of halogens is 5. The van der Waals surface area contributed by atoms with Crippen molar-refractivity contribution >= 4 is 10.9 Å². The van der Waals surface area contributed by atoms with Crippen LogP contribution in [0.5, 0.6) is 5.75 Å². The van der Waals surface area contributed by atoms with E-state index in [0.717, 1.165) is 48.0 Å². The third-order valence-electron chi connectivity index (χ3n) is 8.01. The molecule has 1 saturated heterocycles. The van der Waals surface area contributed by atoms with Gasteiger partial charge >= 0.3 is 6.18 Å². The normalized spacial score (nSPS) is 21.6. The zero-order chi connectivity index (χ0) is 27.9. The van der Waals surface area contributed by atoms with E-state index in [0.29, 0.717) is 25.2 Å². The van der Waals surface area contributed by atoms with Gasteiger partial charge in [0.15, 0.2) is 0 Å². The minimum absolute atomic E-state index is 0.0599. The Kier molecular flexibility index (Phi) is 7.90. The lowest BCUT2D eigenvalue weighted by Crippen LogP contribution is -2.53. The van der Waals surface area contributed by atoms with Crippen LogP contribution in [0.25, 0.3) is 10.9 Å². The van der Waals surface area contributed by atoms with Gasteiger partial charge in [0.1, 0.15) is 23.5 Å². The van der Waals surface area contributed by atoms with Crippen molar-refractivity contribution in [2.75, 3.05) is 32.8 Å². The number of H-pyrrole nitrogens is 1. The van der Waals surface area contributed by atoms with E-state index in [-0.39, 0.29) is 17.4 Å². The number of aliphatic hydroxyl groups is 1. The van der Waals surface area contributed by atoms with Gasteiger partial charge in [-0.1, -0.05) is 31.5 Å². The summed E-state index contributed by atoms with van der Waals surface area (Å²) in [6, 6.07) is 8.03. The number of aromatic amines is 1. The van der Waals surface area contributed by atoms with E-state index in [1.54, 1.807) is 6.92 Å². The van der Waals surface area contributed by atoms with Crippen LogP contribution in [0.1, 0.15) is 49.6 Å². The summed E-state index contributed by atoms with van der Waals surface area (Å²) in [6.45, 7) is 4.44. The second kappa shape index (κ2) is 11.1. The first-order valence-corrected chi connectivity index (χ1v) is 13.5. The standard InChI is InChI=1S/C29H34F5N3O2/c1-3-4-9-36-14-20(15-36)39-19-11-23(30)26(24(31)12-19)28-27-22(21-7-5-6-8-25(21)35-27)10-17(2)37(28)13-18(16-38)29(32,33)34/h5-8,11-12,17-18,20,28,35,38H,3-4,9-10,13-16H2,1-2H3/t17-,18-,28-/m1/s1. The quantitative estimate of drug-likeness (QED) is 0.330. The van der Waals surface area contributed by atoms with Crippen molar-refractivity contribution in [2.45, 2.75) is 57.5 Å². The topological polar surface area (TPSA) is 51.7 Å². The SMILES string of the molecule is CCCCN1CC(Oc2cc(F)c([C@@H]3c4[nH]c5ccccc5c4C[C@@H](C)N3C[C@H](CO)C(F)(F)F)c(F)c2)C1. The Bertz CT molecular complexity index is 1280. The number of hydrogen-bond donors (Lipinski definition) is 2. The van der Waals surface area contributed by atoms with E-state index in [9.17, 15) is 18.3 Å². The highest BCUT2D eigenvalue weighted by Crippen LogP contribution is 2.44. The molecule has 0 spiro atoms. The summed E-state index contributed by atoms with van der Waals surface area (Å²) in [7, 11) is 0. The van der Waals surface area contributed by atoms with Crippen LogP contribution in [-0.2, 0) is 6.42 Å². The van der Waals surface area contributed by atoms with E-state index in [1.807, 2.05) is 24.3 Å². The molecule has 1 aromatic heterocycles. The van der Waals surface area contributed by atoms with Crippen molar-refractivity contribution in [3.8, 4) is 5.75 Å². The summed E-state index contributed by atoms with van der Waals surface area (Å²) < 4.78 is 78.5. The van der Waals surface area contributed by atoms with Crippen molar-refractivity contribution in [1.82, 2.24) is 14.8 Å². The molecule has 2 aliphatic heterocycles. The molecule has 0 saturated carbocycles. The number of rotatable bonds is 9. The molecule has 2 aromatic carbocycles. The van der Waals surface area contributed by atoms with Crippen molar-refractivity contribution < 1.29 is 31.8 Å². The Labute approximate surface area is 224 Å². The van der Waals surface area contributed by atoms with Crippen molar-refractivity contribution in [3.63, 3.8) is 0 Å². The Morgan fingerprint density at radius 2 is 1.82 bits per heavy atom. The number of alkyl halides is 3. The molecule has 3 heterocycles. The average Bonchev–Trinajstić information content (AvgIpc) is 3.21. The fourth-order valence-electron chi connectivity index (χ4n) is 5.87. The van der Waals surface area contributed by atoms with Gasteiger partial charge in [-0.15, -0.1) is 0 Å². The molecule has 39 heavy (non-hydrogen) atoms. The predicted octanol–water partition coefficient (Wildman–Crippen LogP) is 5.82. The highest BCUT2D eigenvalue weighted by molar-refractivity contribution is 5.85. The molecule has 0 unspecified atom stereocenters. The first kappa shape index (κ1) is 27.9. The van der Waals surface area contributed by atoms with E-state index in [4.69, 9.17) is 4.74 Å². The van der Waals surface area contributed by atoms with Crippen LogP contribution in [-0.4, -0.2) is 71.0 Å². The van der Waals surface area contributed by atoms with Gasteiger partial charge in [-0.25, -0.2) is 8.78 Å². The highest BCUT2D eigenvalue weighted by atomic mass is 19.4. The van der Waals surface area contributed by atoms with Gasteiger partial charge in [-0.05, 0) is 37.9 Å². The largest absolute Gasteiger partial charge is 0.488 e. The summed E-state index contributed by atoms with van der Waals surface area (Å²) in [5.41, 5.74) is 1.70. The van der Waals surface area contributed by atoms with Gasteiger partial charge < -0.3 is 14.8 Å². The zero-order valence-corrected chi connectivity index (χ0v) is 22.1. The number of aliphatic hydroxyl groups excluding tert-OH is 1. The van der Waals surface area contributed by atoms with Crippen molar-refractivity contribution in [2.24, 2.45) is 5.92 Å². The Hall–Kier alpha value is -2.69. The number of ether oxygens (including phenoxy) is 1. The Morgan fingerprint density at radius 1 is 1.13 bits per heavy atom. The number of fused-ring (bicyclic) bond motifs is 3. The third kappa shape index (κ3) is 5.51. The second-order valence-electron chi connectivity index (χ2n) is 10.8. The first-order valence-electron chi connectivity index (χ1n) is 13.5. The van der Waals surface area contributed by atoms with Gasteiger partial charge in [0.2, 0.25) is 0 Å². The lowest BCUT2D eigenvalue weighted by molar-refractivity contribution is -0.191. The average molecular weight is 552 g/mol. The number of nitrogens with one attached hydrogen (secondary N) is 1. The number of para-hydroxylation sites is 1. The van der Waals surface area contributed by atoms with Gasteiger partial charge in [0, 0.05) is 60.0 Å². The minimum atomic E-state index is -4.66. The summed E-state index contributed by atoms with van der Waals surface area (Å²) >= 11 is 0. The Morgan fingerprint density at radius 3 is 2.46 bits per heavy atom. The summed E-state index contributed by atoms with van der Waals surface area (Å²) in [5, 5.41) is 10.4. The molecule has 5 nitrogen and oxygen atoms in total. The molecule has 212 valence electrons. The molecule has 0 radical (unpaired) electrons. The molecular formula is C29H34F5N3O2. The lowest BCUT2D eigenvalue weighted by atomic mass is 9.87. The maximum Gasteiger partial charge on any atom is 0.395 e. The van der Waals surface area contributed by atoms with Crippen molar-refractivity contribution in [1.29, 1.82) is 0 Å². The maximum atomic E-state index is 15.8. The lowest BCUT2D eigenvalue weighted by Gasteiger charge is -2.43. The molecular weight excluding hydrogens is 517 g/mol. The van der Waals surface area contributed by atoms with Crippen molar-refractivity contribution in [3.05, 3.63) is 64.9 Å². The molecule has 3 aromatic rings. The second-order valence-corrected chi connectivity index (χ2v) is 10.8. The molecule has 1 fully saturated rings. The molecule has 0 amide bonds. The Balaban J connectivity index is 1.51. The van der Waals surface area contributed by atoms with Gasteiger partial charge in [-0.3, -0.25) is 9.80 Å². The van der Waals surface area contributed by atoms with Gasteiger partial charge in [0.05, 0.1) is 18.6 Å². The molecule has 2 aliphatic rings. The smallest absolute Gasteiger partial charge is 0.395 e. The summed E-state index contributed by atoms with van der Waals surface area (Å²) in [4.78, 5) is 6.90. The molecule has 0 bridgehead atoms. The molecule has 0 aliphatic carbocycles. The molecule has 10 heteroatoms. The number of likely N-dealkylation sites (tertiary alicyclic amines) is 1. The first-order chi connectivity index (χ1) is 18.6. The van der Waals surface area contributed by atoms with E-state index >= 15 is 8.78 Å². The fraction of sp³-hybridized carbons (Fsp3) is 0.517.